The second-order valence-electron chi connectivity index (χ2n) is 17.4. The monoisotopic (exact) mass is 732 g/mol. The Morgan fingerprint density at radius 2 is 1.51 bits per heavy atom. The van der Waals surface area contributed by atoms with Crippen molar-refractivity contribution in [3.05, 3.63) is 0 Å². The fourth-order valence-corrected chi connectivity index (χ4v) is 10.6. The molecular weight excluding hydrogens is 673 g/mol. The van der Waals surface area contributed by atoms with Crippen molar-refractivity contribution >= 4 is 39.6 Å². The normalized spacial score (nSPS) is 28.3. The van der Waals surface area contributed by atoms with Crippen LogP contribution in [0.1, 0.15) is 117 Å². The molecular formula is C37H60N6O7S. The van der Waals surface area contributed by atoms with Crippen molar-refractivity contribution in [1.82, 2.24) is 30.5 Å². The van der Waals surface area contributed by atoms with Gasteiger partial charge in [-0.1, -0.05) is 65.2 Å². The molecule has 1 heterocycles. The van der Waals surface area contributed by atoms with Gasteiger partial charge in [-0.3, -0.25) is 19.2 Å². The molecule has 286 valence electrons. The molecule has 0 aromatic carbocycles. The molecule has 4 N–H and O–H groups in total. The molecule has 5 aliphatic carbocycles. The highest BCUT2D eigenvalue weighted by Gasteiger charge is 2.70. The van der Waals surface area contributed by atoms with Gasteiger partial charge in [0.15, 0.2) is 0 Å². The maximum atomic E-state index is 14.7. The Morgan fingerprint density at radius 3 is 2.12 bits per heavy atom. The van der Waals surface area contributed by atoms with Crippen LogP contribution in [0.5, 0.6) is 0 Å². The van der Waals surface area contributed by atoms with Gasteiger partial charge in [0.05, 0.1) is 17.3 Å². The van der Waals surface area contributed by atoms with Crippen LogP contribution in [-0.2, 0) is 29.2 Å². The zero-order chi connectivity index (χ0) is 36.7. The lowest BCUT2D eigenvalue weighted by Gasteiger charge is -2.40. The van der Waals surface area contributed by atoms with Gasteiger partial charge in [-0.2, -0.15) is 0 Å². The van der Waals surface area contributed by atoms with E-state index in [0.717, 1.165) is 83.5 Å². The van der Waals surface area contributed by atoms with Gasteiger partial charge in [0, 0.05) is 26.7 Å². The van der Waals surface area contributed by atoms with Gasteiger partial charge in [-0.05, 0) is 80.5 Å². The lowest BCUT2D eigenvalue weighted by molar-refractivity contribution is -0.145. The molecule has 0 radical (unpaired) electrons. The Labute approximate surface area is 303 Å². The molecule has 51 heavy (non-hydrogen) atoms. The van der Waals surface area contributed by atoms with Crippen molar-refractivity contribution in [1.29, 1.82) is 0 Å². The van der Waals surface area contributed by atoms with E-state index >= 15 is 0 Å². The number of urea groups is 1. The van der Waals surface area contributed by atoms with Crippen molar-refractivity contribution in [3.8, 4) is 0 Å². The maximum absolute atomic E-state index is 14.7. The average molecular weight is 733 g/mol. The number of rotatable bonds is 15. The SMILES string of the molecule is CN(C)S(=O)(=O)CC1(NC(=O)N[C@H](C(=O)N2C[C@H]3[C@@H]([C@H]2C(=O)N[C@@H](CCC2CC2)C(=O)C(=O)NC2CC2)C3(C)C)C2CCCCC2)CCCCC1. The van der Waals surface area contributed by atoms with Crippen molar-refractivity contribution in [2.75, 3.05) is 26.4 Å². The predicted octanol–water partition coefficient (Wildman–Crippen LogP) is 2.83. The molecule has 5 atom stereocenters. The number of carbonyl (C=O) groups excluding carboxylic acids is 5. The van der Waals surface area contributed by atoms with Gasteiger partial charge in [0.2, 0.25) is 27.6 Å². The second-order valence-corrected chi connectivity index (χ2v) is 19.6. The number of hydrogen-bond donors (Lipinski definition) is 4. The summed E-state index contributed by atoms with van der Waals surface area (Å²) in [6.07, 6.45) is 13.0. The van der Waals surface area contributed by atoms with Crippen LogP contribution in [0.4, 0.5) is 4.79 Å². The Hall–Kier alpha value is -2.74. The van der Waals surface area contributed by atoms with Gasteiger partial charge in [0.25, 0.3) is 5.91 Å². The van der Waals surface area contributed by atoms with Crippen LogP contribution >= 0.6 is 0 Å². The van der Waals surface area contributed by atoms with Crippen molar-refractivity contribution in [2.24, 2.45) is 29.1 Å². The standard InChI is InChI=1S/C37H60N6O7S/c1-36(2)26-21-43(30(28(26)36)32(45)39-27(18-15-23-13-14-23)31(44)33(46)38-25-16-17-25)34(47)29(24-11-7-5-8-12-24)40-35(48)41-37(19-9-6-10-20-37)22-51(49,50)42(3)4/h23-30H,5-22H2,1-4H3,(H,38,46)(H,39,45)(H2,40,41,48)/t26-,27-,28-,29-,30-/m0/s1. The number of ketones is 1. The second kappa shape index (κ2) is 14.9. The average Bonchev–Trinajstić information content (AvgIpc) is 4.04. The largest absolute Gasteiger partial charge is 0.347 e. The fraction of sp³-hybridized carbons (Fsp3) is 0.865. The van der Waals surface area contributed by atoms with E-state index in [0.29, 0.717) is 31.7 Å². The third kappa shape index (κ3) is 8.74. The molecule has 6 fully saturated rings. The summed E-state index contributed by atoms with van der Waals surface area (Å²) in [5.74, 6) is -1.88. The fourth-order valence-electron chi connectivity index (χ4n) is 9.25. The Morgan fingerprint density at radius 1 is 0.863 bits per heavy atom. The highest BCUT2D eigenvalue weighted by atomic mass is 32.2. The van der Waals surface area contributed by atoms with E-state index in [1.54, 1.807) is 4.90 Å². The molecule has 5 saturated carbocycles. The van der Waals surface area contributed by atoms with E-state index in [4.69, 9.17) is 0 Å². The highest BCUT2D eigenvalue weighted by molar-refractivity contribution is 7.89. The maximum Gasteiger partial charge on any atom is 0.315 e. The summed E-state index contributed by atoms with van der Waals surface area (Å²) in [6, 6.07) is -3.22. The third-order valence-corrected chi connectivity index (χ3v) is 15.0. The van der Waals surface area contributed by atoms with E-state index in [2.05, 4.69) is 35.1 Å². The molecule has 1 saturated heterocycles. The third-order valence-electron chi connectivity index (χ3n) is 13.0. The Balaban J connectivity index is 1.20. The Kier molecular flexibility index (Phi) is 11.1. The number of hydrogen-bond acceptors (Lipinski definition) is 7. The number of sulfonamides is 1. The lowest BCUT2D eigenvalue weighted by Crippen LogP contribution is -2.63. The van der Waals surface area contributed by atoms with Crippen LogP contribution in [0.25, 0.3) is 0 Å². The minimum atomic E-state index is -3.62. The van der Waals surface area contributed by atoms with Crippen molar-refractivity contribution in [3.63, 3.8) is 0 Å². The number of nitrogens with one attached hydrogen (secondary N) is 4. The van der Waals surface area contributed by atoms with Gasteiger partial charge in [0.1, 0.15) is 12.1 Å². The summed E-state index contributed by atoms with van der Waals surface area (Å²) >= 11 is 0. The summed E-state index contributed by atoms with van der Waals surface area (Å²) in [5.41, 5.74) is -1.12. The minimum absolute atomic E-state index is 0.0176. The van der Waals surface area contributed by atoms with Crippen LogP contribution in [0.3, 0.4) is 0 Å². The lowest BCUT2D eigenvalue weighted by atomic mass is 9.82. The van der Waals surface area contributed by atoms with E-state index in [9.17, 15) is 32.4 Å². The van der Waals surface area contributed by atoms with Gasteiger partial charge in [-0.25, -0.2) is 17.5 Å². The van der Waals surface area contributed by atoms with Gasteiger partial charge >= 0.3 is 6.03 Å². The molecule has 6 rings (SSSR count). The minimum Gasteiger partial charge on any atom is -0.347 e. The summed E-state index contributed by atoms with van der Waals surface area (Å²) in [7, 11) is -0.633. The van der Waals surface area contributed by atoms with Crippen LogP contribution in [0.15, 0.2) is 0 Å². The molecule has 1 aliphatic heterocycles. The van der Waals surface area contributed by atoms with Crippen LogP contribution in [0.2, 0.25) is 0 Å². The summed E-state index contributed by atoms with van der Waals surface area (Å²) < 4.78 is 27.2. The number of piperidine rings is 1. The summed E-state index contributed by atoms with van der Waals surface area (Å²) in [5, 5.41) is 11.8. The molecule has 5 amide bonds. The molecule has 14 heteroatoms. The number of Topliss-reactive ketones (excluding diaryl/α,β-unsaturated/α-hetero) is 1. The quantitative estimate of drug-likeness (QED) is 0.187. The number of carbonyl (C=O) groups is 5. The summed E-state index contributed by atoms with van der Waals surface area (Å²) in [4.78, 5) is 70.7. The zero-order valence-electron chi connectivity index (χ0n) is 31.0. The van der Waals surface area contributed by atoms with E-state index < -0.39 is 57.3 Å². The van der Waals surface area contributed by atoms with Crippen LogP contribution < -0.4 is 21.3 Å². The first-order chi connectivity index (χ1) is 24.1. The molecule has 6 aliphatic rings. The summed E-state index contributed by atoms with van der Waals surface area (Å²) in [6.45, 7) is 4.56. The molecule has 0 spiro atoms. The van der Waals surface area contributed by atoms with Gasteiger partial charge < -0.3 is 26.2 Å². The number of amides is 5. The van der Waals surface area contributed by atoms with Crippen LogP contribution in [-0.4, -0.2) is 103 Å². The molecule has 0 bridgehead atoms. The van der Waals surface area contributed by atoms with E-state index in [1.165, 1.54) is 18.4 Å². The first-order valence-corrected chi connectivity index (χ1v) is 21.2. The predicted molar refractivity (Wildman–Crippen MR) is 192 cm³/mol. The van der Waals surface area contributed by atoms with Gasteiger partial charge in [-0.15, -0.1) is 0 Å². The smallest absolute Gasteiger partial charge is 0.315 e. The van der Waals surface area contributed by atoms with Crippen LogP contribution in [0, 0.1) is 29.1 Å². The van der Waals surface area contributed by atoms with Crippen molar-refractivity contribution in [2.45, 2.75) is 146 Å². The molecule has 0 aromatic rings. The zero-order valence-corrected chi connectivity index (χ0v) is 31.8. The van der Waals surface area contributed by atoms with E-state index in [1.807, 2.05) is 0 Å². The Bertz CT molecular complexity index is 1460. The molecule has 0 aromatic heterocycles. The van der Waals surface area contributed by atoms with E-state index in [-0.39, 0.29) is 40.9 Å². The number of fused-ring (bicyclic) bond motifs is 1. The number of likely N-dealkylation sites (tertiary alicyclic amines) is 1. The topological polar surface area (TPSA) is 174 Å². The van der Waals surface area contributed by atoms with Crippen molar-refractivity contribution < 1.29 is 32.4 Å². The highest BCUT2D eigenvalue weighted by Crippen LogP contribution is 2.65. The number of nitrogens with zero attached hydrogens (tertiary/aromatic N) is 2. The molecule has 0 unspecified atom stereocenters. The first-order valence-electron chi connectivity index (χ1n) is 19.6. The molecule has 13 nitrogen and oxygen atoms in total. The first kappa shape index (κ1) is 38.0.